The Morgan fingerprint density at radius 1 is 1.21 bits per heavy atom. The second kappa shape index (κ2) is 7.67. The summed E-state index contributed by atoms with van der Waals surface area (Å²) in [6.07, 6.45) is -4.60. The van der Waals surface area contributed by atoms with Crippen LogP contribution in [0, 0.1) is 5.82 Å². The number of carbonyl (C=O) groups is 1. The Kier molecular flexibility index (Phi) is 5.46. The molecule has 0 fully saturated rings. The Balaban J connectivity index is 2.23. The van der Waals surface area contributed by atoms with E-state index in [1.54, 1.807) is 6.07 Å². The Labute approximate surface area is 163 Å². The highest BCUT2D eigenvalue weighted by Gasteiger charge is 2.34. The molecule has 1 aliphatic rings. The highest BCUT2D eigenvalue weighted by molar-refractivity contribution is 7.80. The van der Waals surface area contributed by atoms with Crippen molar-refractivity contribution in [2.24, 2.45) is 4.99 Å². The number of anilines is 1. The quantitative estimate of drug-likeness (QED) is 0.436. The third-order valence-electron chi connectivity index (χ3n) is 4.19. The fourth-order valence-corrected chi connectivity index (χ4v) is 3.07. The number of thiocarbonyl (C=S) groups is 1. The molecule has 0 amide bonds. The van der Waals surface area contributed by atoms with Crippen molar-refractivity contribution in [1.82, 2.24) is 0 Å². The molecule has 2 aromatic carbocycles. The van der Waals surface area contributed by atoms with Crippen LogP contribution in [0.1, 0.15) is 16.7 Å². The molecule has 0 saturated heterocycles. The van der Waals surface area contributed by atoms with Crippen molar-refractivity contribution in [2.45, 2.75) is 6.18 Å². The van der Waals surface area contributed by atoms with E-state index in [9.17, 15) is 22.4 Å². The highest BCUT2D eigenvalue weighted by Crippen LogP contribution is 2.35. The Morgan fingerprint density at radius 2 is 1.93 bits per heavy atom. The molecule has 0 N–H and O–H groups in total. The van der Waals surface area contributed by atoms with Crippen LogP contribution in [0.25, 0.3) is 0 Å². The van der Waals surface area contributed by atoms with Crippen LogP contribution in [0.3, 0.4) is 0 Å². The summed E-state index contributed by atoms with van der Waals surface area (Å²) in [5, 5.41) is 0. The predicted octanol–water partition coefficient (Wildman–Crippen LogP) is 4.00. The molecule has 2 aromatic rings. The number of esters is 1. The maximum absolute atomic E-state index is 14.4. The van der Waals surface area contributed by atoms with Crippen molar-refractivity contribution < 1.29 is 27.1 Å². The molecule has 0 saturated carbocycles. The fourth-order valence-electron chi connectivity index (χ4n) is 2.84. The zero-order valence-electron chi connectivity index (χ0n) is 14.6. The Bertz CT molecular complexity index is 973. The minimum absolute atomic E-state index is 0.0312. The van der Waals surface area contributed by atoms with Crippen LogP contribution in [0.15, 0.2) is 47.5 Å². The number of hydrogen-bond donors (Lipinski definition) is 0. The SMILES string of the molecule is COC(=O)CN1C(=S)CN=C(c2ccccc2F)c2cc(C(F)(F)F)ccc21. The summed E-state index contributed by atoms with van der Waals surface area (Å²) in [4.78, 5) is 17.6. The van der Waals surface area contributed by atoms with Crippen LogP contribution in [0.4, 0.5) is 23.2 Å². The van der Waals surface area contributed by atoms with Gasteiger partial charge in [-0.15, -0.1) is 0 Å². The van der Waals surface area contributed by atoms with Gasteiger partial charge in [-0.3, -0.25) is 9.79 Å². The van der Waals surface area contributed by atoms with E-state index < -0.39 is 23.5 Å². The first-order valence-electron chi connectivity index (χ1n) is 8.10. The normalized spacial score (nSPS) is 14.2. The summed E-state index contributed by atoms with van der Waals surface area (Å²) in [7, 11) is 1.19. The summed E-state index contributed by atoms with van der Waals surface area (Å²) < 4.78 is 58.9. The number of rotatable bonds is 3. The van der Waals surface area contributed by atoms with Gasteiger partial charge >= 0.3 is 12.1 Å². The number of methoxy groups -OCH3 is 1. The third kappa shape index (κ3) is 3.89. The first-order valence-corrected chi connectivity index (χ1v) is 8.51. The number of benzodiazepines with no additional fused rings is 1. The topological polar surface area (TPSA) is 41.9 Å². The lowest BCUT2D eigenvalue weighted by atomic mass is 9.97. The molecule has 0 unspecified atom stereocenters. The smallest absolute Gasteiger partial charge is 0.416 e. The Morgan fingerprint density at radius 3 is 2.57 bits per heavy atom. The lowest BCUT2D eigenvalue weighted by Crippen LogP contribution is -2.36. The van der Waals surface area contributed by atoms with Crippen LogP contribution in [0.5, 0.6) is 0 Å². The van der Waals surface area contributed by atoms with Crippen molar-refractivity contribution in [3.63, 3.8) is 0 Å². The van der Waals surface area contributed by atoms with Crippen molar-refractivity contribution in [1.29, 1.82) is 0 Å². The van der Waals surface area contributed by atoms with Gasteiger partial charge in [0.15, 0.2) is 0 Å². The van der Waals surface area contributed by atoms with E-state index in [2.05, 4.69) is 9.73 Å². The molecule has 1 heterocycles. The molecule has 4 nitrogen and oxygen atoms in total. The number of benzene rings is 2. The van der Waals surface area contributed by atoms with Crippen LogP contribution in [-0.4, -0.2) is 36.9 Å². The van der Waals surface area contributed by atoms with Crippen molar-refractivity contribution in [3.8, 4) is 0 Å². The molecule has 3 rings (SSSR count). The minimum Gasteiger partial charge on any atom is -0.468 e. The average molecular weight is 410 g/mol. The van der Waals surface area contributed by atoms with Crippen LogP contribution in [-0.2, 0) is 15.7 Å². The Hall–Kier alpha value is -2.81. The summed E-state index contributed by atoms with van der Waals surface area (Å²) in [5.74, 6) is -1.25. The monoisotopic (exact) mass is 410 g/mol. The van der Waals surface area contributed by atoms with Crippen LogP contribution < -0.4 is 4.90 Å². The number of alkyl halides is 3. The zero-order valence-corrected chi connectivity index (χ0v) is 15.4. The van der Waals surface area contributed by atoms with E-state index in [1.165, 1.54) is 36.3 Å². The average Bonchev–Trinajstić information content (AvgIpc) is 2.78. The van der Waals surface area contributed by atoms with Crippen molar-refractivity contribution in [2.75, 3.05) is 25.1 Å². The van der Waals surface area contributed by atoms with Gasteiger partial charge in [0, 0.05) is 11.1 Å². The van der Waals surface area contributed by atoms with Gasteiger partial charge in [0.1, 0.15) is 17.4 Å². The first kappa shape index (κ1) is 19.9. The summed E-state index contributed by atoms with van der Waals surface area (Å²) >= 11 is 5.29. The maximum atomic E-state index is 14.4. The van der Waals surface area contributed by atoms with Crippen LogP contribution in [0.2, 0.25) is 0 Å². The van der Waals surface area contributed by atoms with Gasteiger partial charge < -0.3 is 9.64 Å². The summed E-state index contributed by atoms with van der Waals surface area (Å²) in [5.41, 5.74) is -0.576. The molecular formula is C19H14F4N2O2S. The largest absolute Gasteiger partial charge is 0.468 e. The number of nitrogens with zero attached hydrogens (tertiary/aromatic N) is 2. The number of fused-ring (bicyclic) bond motifs is 1. The molecular weight excluding hydrogens is 396 g/mol. The molecule has 0 bridgehead atoms. The number of ether oxygens (including phenoxy) is 1. The van der Waals surface area contributed by atoms with Crippen molar-refractivity contribution in [3.05, 3.63) is 65.0 Å². The van der Waals surface area contributed by atoms with E-state index in [0.29, 0.717) is 0 Å². The van der Waals surface area contributed by atoms with E-state index in [0.717, 1.165) is 12.1 Å². The molecule has 0 aliphatic carbocycles. The zero-order chi connectivity index (χ0) is 20.5. The fraction of sp³-hybridized carbons (Fsp3) is 0.211. The standard InChI is InChI=1S/C19H14F4N2O2S/c1-27-17(26)10-25-15-7-6-11(19(21,22)23)8-13(15)18(24-9-16(25)28)12-4-2-3-5-14(12)20/h2-8H,9-10H2,1H3. The molecule has 0 radical (unpaired) electrons. The van der Waals surface area contributed by atoms with Gasteiger partial charge in [-0.05, 0) is 30.3 Å². The lowest BCUT2D eigenvalue weighted by Gasteiger charge is -2.24. The third-order valence-corrected chi connectivity index (χ3v) is 4.54. The number of halogens is 4. The summed E-state index contributed by atoms with van der Waals surface area (Å²) in [6.45, 7) is -0.389. The van der Waals surface area contributed by atoms with Gasteiger partial charge in [-0.2, -0.15) is 13.2 Å². The number of aliphatic imine (C=N–C) groups is 1. The lowest BCUT2D eigenvalue weighted by molar-refractivity contribution is -0.139. The van der Waals surface area contributed by atoms with E-state index in [1.807, 2.05) is 0 Å². The maximum Gasteiger partial charge on any atom is 0.416 e. The second-order valence-electron chi connectivity index (χ2n) is 5.93. The second-order valence-corrected chi connectivity index (χ2v) is 6.40. The highest BCUT2D eigenvalue weighted by atomic mass is 32.1. The molecule has 0 aromatic heterocycles. The van der Waals surface area contributed by atoms with Gasteiger partial charge in [0.2, 0.25) is 0 Å². The number of hydrogen-bond acceptors (Lipinski definition) is 4. The minimum atomic E-state index is -4.60. The molecule has 28 heavy (non-hydrogen) atoms. The van der Waals surface area contributed by atoms with Gasteiger partial charge in [-0.25, -0.2) is 4.39 Å². The molecule has 146 valence electrons. The van der Waals surface area contributed by atoms with E-state index >= 15 is 0 Å². The first-order chi connectivity index (χ1) is 13.2. The number of carbonyl (C=O) groups excluding carboxylic acids is 1. The van der Waals surface area contributed by atoms with Gasteiger partial charge in [0.25, 0.3) is 0 Å². The van der Waals surface area contributed by atoms with E-state index in [-0.39, 0.29) is 40.6 Å². The summed E-state index contributed by atoms with van der Waals surface area (Å²) in [6, 6.07) is 8.63. The molecule has 0 spiro atoms. The van der Waals surface area contributed by atoms with Crippen molar-refractivity contribution >= 4 is 34.6 Å². The van der Waals surface area contributed by atoms with E-state index in [4.69, 9.17) is 12.2 Å². The molecule has 0 atom stereocenters. The van der Waals surface area contributed by atoms with Gasteiger partial charge in [-0.1, -0.05) is 24.4 Å². The van der Waals surface area contributed by atoms with Crippen LogP contribution >= 0.6 is 12.2 Å². The molecule has 9 heteroatoms. The van der Waals surface area contributed by atoms with Gasteiger partial charge in [0.05, 0.1) is 30.6 Å². The molecule has 1 aliphatic heterocycles. The predicted molar refractivity (Wildman–Crippen MR) is 100 cm³/mol.